The number of hydrogen-bond donors (Lipinski definition) is 0. The summed E-state index contributed by atoms with van der Waals surface area (Å²) < 4.78 is 2.10. The molecule has 0 bridgehead atoms. The van der Waals surface area contributed by atoms with E-state index in [0.717, 1.165) is 22.5 Å². The van der Waals surface area contributed by atoms with Gasteiger partial charge in [0.25, 0.3) is 5.91 Å². The van der Waals surface area contributed by atoms with Gasteiger partial charge in [-0.1, -0.05) is 29.8 Å². The van der Waals surface area contributed by atoms with Crippen molar-refractivity contribution in [3.8, 4) is 5.69 Å². The summed E-state index contributed by atoms with van der Waals surface area (Å²) in [4.78, 5) is 16.7. The number of aryl methyl sites for hydroxylation is 1. The van der Waals surface area contributed by atoms with Crippen molar-refractivity contribution < 1.29 is 4.79 Å². The number of nitrogens with zero attached hydrogens (tertiary/aromatic N) is 3. The van der Waals surface area contributed by atoms with Crippen LogP contribution in [0.3, 0.4) is 0 Å². The number of anilines is 1. The van der Waals surface area contributed by atoms with E-state index >= 15 is 0 Å². The molecule has 1 aliphatic rings. The van der Waals surface area contributed by atoms with Crippen LogP contribution in [0.25, 0.3) is 5.69 Å². The Kier molecular flexibility index (Phi) is 3.61. The Bertz CT molecular complexity index is 926. The second-order valence-electron chi connectivity index (χ2n) is 6.61. The molecule has 4 heteroatoms. The number of carbonyl (C=O) groups is 1. The van der Waals surface area contributed by atoms with Gasteiger partial charge in [-0.15, -0.1) is 0 Å². The van der Waals surface area contributed by atoms with Crippen molar-refractivity contribution in [2.75, 3.05) is 19.0 Å². The van der Waals surface area contributed by atoms with Gasteiger partial charge in [0.1, 0.15) is 6.17 Å². The first-order chi connectivity index (χ1) is 12.1. The molecule has 0 fully saturated rings. The average Bonchev–Trinajstić information content (AvgIpc) is 3.10. The van der Waals surface area contributed by atoms with Gasteiger partial charge in [0.2, 0.25) is 0 Å². The monoisotopic (exact) mass is 331 g/mol. The highest BCUT2D eigenvalue weighted by molar-refractivity contribution is 6.01. The number of fused-ring (bicyclic) bond motifs is 1. The van der Waals surface area contributed by atoms with Gasteiger partial charge in [-0.25, -0.2) is 0 Å². The lowest BCUT2D eigenvalue weighted by molar-refractivity contribution is 0.0711. The smallest absolute Gasteiger partial charge is 0.257 e. The minimum Gasteiger partial charge on any atom is -0.350 e. The van der Waals surface area contributed by atoms with Gasteiger partial charge in [-0.3, -0.25) is 4.79 Å². The Morgan fingerprint density at radius 2 is 1.60 bits per heavy atom. The second-order valence-corrected chi connectivity index (χ2v) is 6.61. The summed E-state index contributed by atoms with van der Waals surface area (Å²) in [6.07, 6.45) is 4.03. The van der Waals surface area contributed by atoms with Crippen molar-refractivity contribution in [3.63, 3.8) is 0 Å². The Labute approximate surface area is 147 Å². The molecule has 0 spiro atoms. The quantitative estimate of drug-likeness (QED) is 0.710. The standard InChI is InChI=1S/C21H21N3O/c1-15-8-10-17(11-9-15)24-13-12-16(14-24)20-22(2)19-7-5-4-6-18(19)21(25)23(20)3/h4-14,20H,1-3H3/t20-/m0/s1. The molecule has 0 aliphatic carbocycles. The summed E-state index contributed by atoms with van der Waals surface area (Å²) in [6, 6.07) is 18.3. The number of para-hydroxylation sites is 1. The molecular formula is C21H21N3O. The lowest BCUT2D eigenvalue weighted by Crippen LogP contribution is -2.45. The van der Waals surface area contributed by atoms with Gasteiger partial charge in [0, 0.05) is 37.7 Å². The summed E-state index contributed by atoms with van der Waals surface area (Å²) in [7, 11) is 3.90. The van der Waals surface area contributed by atoms with E-state index in [4.69, 9.17) is 0 Å². The molecule has 25 heavy (non-hydrogen) atoms. The zero-order valence-corrected chi connectivity index (χ0v) is 14.7. The molecule has 1 aliphatic heterocycles. The molecule has 1 amide bonds. The Morgan fingerprint density at radius 3 is 2.36 bits per heavy atom. The third-order valence-corrected chi connectivity index (χ3v) is 4.91. The van der Waals surface area contributed by atoms with E-state index in [1.165, 1.54) is 5.56 Å². The minimum atomic E-state index is -0.117. The molecule has 2 heterocycles. The van der Waals surface area contributed by atoms with Gasteiger partial charge in [0.15, 0.2) is 0 Å². The molecule has 1 aromatic heterocycles. The van der Waals surface area contributed by atoms with Gasteiger partial charge in [-0.05, 0) is 37.3 Å². The maximum absolute atomic E-state index is 12.8. The maximum Gasteiger partial charge on any atom is 0.257 e. The van der Waals surface area contributed by atoms with Crippen molar-refractivity contribution in [2.45, 2.75) is 13.1 Å². The number of amides is 1. The largest absolute Gasteiger partial charge is 0.350 e. The second kappa shape index (κ2) is 5.81. The number of hydrogen-bond acceptors (Lipinski definition) is 2. The molecule has 0 unspecified atom stereocenters. The molecule has 0 radical (unpaired) electrons. The Morgan fingerprint density at radius 1 is 0.880 bits per heavy atom. The van der Waals surface area contributed by atoms with E-state index in [0.29, 0.717) is 0 Å². The third-order valence-electron chi connectivity index (χ3n) is 4.91. The molecule has 126 valence electrons. The van der Waals surface area contributed by atoms with Crippen LogP contribution in [0.2, 0.25) is 0 Å². The van der Waals surface area contributed by atoms with Crippen LogP contribution >= 0.6 is 0 Å². The SMILES string of the molecule is Cc1ccc(-n2ccc([C@@H]3N(C)C(=O)c4ccccc4N3C)c2)cc1. The van der Waals surface area contributed by atoms with Crippen LogP contribution in [0.1, 0.15) is 27.7 Å². The fraction of sp³-hybridized carbons (Fsp3) is 0.190. The molecule has 4 rings (SSSR count). The maximum atomic E-state index is 12.8. The average molecular weight is 331 g/mol. The Balaban J connectivity index is 1.73. The number of benzene rings is 2. The fourth-order valence-electron chi connectivity index (χ4n) is 3.55. The van der Waals surface area contributed by atoms with Crippen LogP contribution in [0, 0.1) is 6.92 Å². The van der Waals surface area contributed by atoms with Crippen LogP contribution in [-0.2, 0) is 0 Å². The van der Waals surface area contributed by atoms with Crippen molar-refractivity contribution in [1.82, 2.24) is 9.47 Å². The van der Waals surface area contributed by atoms with Crippen LogP contribution in [0.4, 0.5) is 5.69 Å². The highest BCUT2D eigenvalue weighted by Gasteiger charge is 2.34. The van der Waals surface area contributed by atoms with Crippen LogP contribution in [-0.4, -0.2) is 29.5 Å². The van der Waals surface area contributed by atoms with E-state index in [1.807, 2.05) is 44.6 Å². The van der Waals surface area contributed by atoms with Crippen molar-refractivity contribution in [3.05, 3.63) is 83.7 Å². The van der Waals surface area contributed by atoms with Crippen LogP contribution in [0.5, 0.6) is 0 Å². The van der Waals surface area contributed by atoms with E-state index < -0.39 is 0 Å². The van der Waals surface area contributed by atoms with Gasteiger partial charge in [0.05, 0.1) is 11.3 Å². The van der Waals surface area contributed by atoms with E-state index in [9.17, 15) is 4.79 Å². The predicted octanol–water partition coefficient (Wildman–Crippen LogP) is 4.01. The summed E-state index contributed by atoms with van der Waals surface area (Å²) in [5, 5.41) is 0. The van der Waals surface area contributed by atoms with E-state index in [2.05, 4.69) is 52.9 Å². The predicted molar refractivity (Wildman–Crippen MR) is 100 cm³/mol. The van der Waals surface area contributed by atoms with E-state index in [-0.39, 0.29) is 12.1 Å². The lowest BCUT2D eigenvalue weighted by atomic mass is 10.0. The number of aromatic nitrogens is 1. The normalized spacial score (nSPS) is 16.9. The van der Waals surface area contributed by atoms with Gasteiger partial charge >= 0.3 is 0 Å². The number of carbonyl (C=O) groups excluding carboxylic acids is 1. The molecule has 0 N–H and O–H groups in total. The first kappa shape index (κ1) is 15.5. The molecule has 2 aromatic carbocycles. The lowest BCUT2D eigenvalue weighted by Gasteiger charge is -2.41. The number of rotatable bonds is 2. The molecular weight excluding hydrogens is 310 g/mol. The highest BCUT2D eigenvalue weighted by Crippen LogP contribution is 2.36. The Hall–Kier alpha value is -3.01. The van der Waals surface area contributed by atoms with Crippen LogP contribution < -0.4 is 4.90 Å². The minimum absolute atomic E-state index is 0.0572. The first-order valence-corrected chi connectivity index (χ1v) is 8.40. The molecule has 1 atom stereocenters. The third kappa shape index (κ3) is 2.50. The first-order valence-electron chi connectivity index (χ1n) is 8.40. The van der Waals surface area contributed by atoms with Crippen molar-refractivity contribution in [2.24, 2.45) is 0 Å². The molecule has 0 saturated heterocycles. The topological polar surface area (TPSA) is 28.5 Å². The van der Waals surface area contributed by atoms with Crippen molar-refractivity contribution in [1.29, 1.82) is 0 Å². The highest BCUT2D eigenvalue weighted by atomic mass is 16.2. The fourth-order valence-corrected chi connectivity index (χ4v) is 3.55. The van der Waals surface area contributed by atoms with Gasteiger partial charge < -0.3 is 14.4 Å². The van der Waals surface area contributed by atoms with E-state index in [1.54, 1.807) is 4.90 Å². The summed E-state index contributed by atoms with van der Waals surface area (Å²) in [5.41, 5.74) is 5.17. The van der Waals surface area contributed by atoms with Crippen LogP contribution in [0.15, 0.2) is 67.0 Å². The summed E-state index contributed by atoms with van der Waals surface area (Å²) in [5.74, 6) is 0.0572. The molecule has 3 aromatic rings. The molecule has 0 saturated carbocycles. The molecule has 4 nitrogen and oxygen atoms in total. The van der Waals surface area contributed by atoms with Crippen molar-refractivity contribution >= 4 is 11.6 Å². The zero-order chi connectivity index (χ0) is 17.6. The summed E-state index contributed by atoms with van der Waals surface area (Å²) in [6.45, 7) is 2.08. The summed E-state index contributed by atoms with van der Waals surface area (Å²) >= 11 is 0. The zero-order valence-electron chi connectivity index (χ0n) is 14.7. The van der Waals surface area contributed by atoms with Gasteiger partial charge in [-0.2, -0.15) is 0 Å².